The third kappa shape index (κ3) is 1.30. The lowest BCUT2D eigenvalue weighted by Crippen LogP contribution is -2.65. The van der Waals surface area contributed by atoms with E-state index in [1.165, 1.54) is 0 Å². The maximum absolute atomic E-state index is 11.0. The van der Waals surface area contributed by atoms with Crippen LogP contribution in [0.2, 0.25) is 0 Å². The van der Waals surface area contributed by atoms with Gasteiger partial charge < -0.3 is 9.47 Å². The van der Waals surface area contributed by atoms with Gasteiger partial charge in [0, 0.05) is 32.5 Å². The van der Waals surface area contributed by atoms with Crippen LogP contribution in [0.1, 0.15) is 12.8 Å². The summed E-state index contributed by atoms with van der Waals surface area (Å²) in [6, 6.07) is 0. The van der Waals surface area contributed by atoms with Gasteiger partial charge in [0.1, 0.15) is 0 Å². The molecule has 1 spiro atoms. The smallest absolute Gasteiger partial charge is 0.168 e. The lowest BCUT2D eigenvalue weighted by Gasteiger charge is -2.57. The van der Waals surface area contributed by atoms with Gasteiger partial charge in [0.05, 0.1) is 11.5 Å². The molecule has 1 heterocycles. The van der Waals surface area contributed by atoms with Crippen molar-refractivity contribution in [1.82, 2.24) is 0 Å². The van der Waals surface area contributed by atoms with Crippen LogP contribution in [-0.4, -0.2) is 39.9 Å². The number of methoxy groups -OCH3 is 2. The van der Waals surface area contributed by atoms with E-state index in [4.69, 9.17) is 9.47 Å². The molecule has 2 rings (SSSR count). The summed E-state index contributed by atoms with van der Waals surface area (Å²) in [6.45, 7) is 0. The summed E-state index contributed by atoms with van der Waals surface area (Å²) in [5, 5.41) is 0. The van der Waals surface area contributed by atoms with E-state index in [1.54, 1.807) is 14.2 Å². The molecule has 1 aliphatic carbocycles. The van der Waals surface area contributed by atoms with E-state index in [1.807, 2.05) is 0 Å². The Bertz CT molecular complexity index is 293. The molecule has 0 bridgehead atoms. The minimum Gasteiger partial charge on any atom is -0.353 e. The Kier molecular flexibility index (Phi) is 1.78. The lowest BCUT2D eigenvalue weighted by molar-refractivity contribution is -0.290. The highest BCUT2D eigenvalue weighted by Crippen LogP contribution is 2.56. The molecule has 76 valence electrons. The van der Waals surface area contributed by atoms with Crippen molar-refractivity contribution in [3.8, 4) is 0 Å². The fraction of sp³-hybridized carbons (Fsp3) is 1.00. The quantitative estimate of drug-likeness (QED) is 0.605. The lowest BCUT2D eigenvalue weighted by atomic mass is 9.66. The SMILES string of the molecule is COC1(OC)CC2(C1)CS(=O)(=O)C2. The topological polar surface area (TPSA) is 52.6 Å². The number of rotatable bonds is 2. The van der Waals surface area contributed by atoms with Gasteiger partial charge in [-0.2, -0.15) is 0 Å². The van der Waals surface area contributed by atoms with E-state index in [0.717, 1.165) is 0 Å². The zero-order chi connectivity index (χ0) is 9.74. The van der Waals surface area contributed by atoms with Crippen molar-refractivity contribution in [3.63, 3.8) is 0 Å². The minimum absolute atomic E-state index is 0.0230. The van der Waals surface area contributed by atoms with Gasteiger partial charge in [-0.15, -0.1) is 0 Å². The first-order chi connectivity index (χ1) is 5.95. The Morgan fingerprint density at radius 3 is 1.85 bits per heavy atom. The summed E-state index contributed by atoms with van der Waals surface area (Å²) in [5.74, 6) is 0.124. The molecule has 13 heavy (non-hydrogen) atoms. The van der Waals surface area contributed by atoms with Crippen molar-refractivity contribution >= 4 is 9.84 Å². The largest absolute Gasteiger partial charge is 0.353 e. The molecule has 1 saturated heterocycles. The van der Waals surface area contributed by atoms with Gasteiger partial charge in [0.25, 0.3) is 0 Å². The maximum Gasteiger partial charge on any atom is 0.168 e. The number of ether oxygens (including phenoxy) is 2. The standard InChI is InChI=1S/C8H14O4S/c1-11-8(12-2)3-7(4-8)5-13(9,10)6-7/h3-6H2,1-2H3. The summed E-state index contributed by atoms with van der Waals surface area (Å²) >= 11 is 0. The second-order valence-corrected chi connectivity index (χ2v) is 6.27. The first-order valence-corrected chi connectivity index (χ1v) is 6.08. The third-order valence-corrected chi connectivity index (χ3v) is 5.19. The monoisotopic (exact) mass is 206 g/mol. The molecule has 2 aliphatic rings. The fourth-order valence-electron chi connectivity index (χ4n) is 2.56. The van der Waals surface area contributed by atoms with E-state index < -0.39 is 15.6 Å². The Morgan fingerprint density at radius 1 is 1.08 bits per heavy atom. The minimum atomic E-state index is -2.73. The Morgan fingerprint density at radius 2 is 1.54 bits per heavy atom. The predicted molar refractivity (Wildman–Crippen MR) is 47.1 cm³/mol. The summed E-state index contributed by atoms with van der Waals surface area (Å²) in [6.07, 6.45) is 1.43. The molecule has 0 N–H and O–H groups in total. The van der Waals surface area contributed by atoms with Gasteiger partial charge in [-0.05, 0) is 0 Å². The molecule has 1 saturated carbocycles. The van der Waals surface area contributed by atoms with Crippen LogP contribution in [0.15, 0.2) is 0 Å². The van der Waals surface area contributed by atoms with E-state index >= 15 is 0 Å². The number of hydrogen-bond donors (Lipinski definition) is 0. The van der Waals surface area contributed by atoms with Gasteiger partial charge in [-0.3, -0.25) is 0 Å². The zero-order valence-electron chi connectivity index (χ0n) is 7.87. The molecule has 5 heteroatoms. The highest BCUT2D eigenvalue weighted by molar-refractivity contribution is 7.92. The van der Waals surface area contributed by atoms with Gasteiger partial charge in [0.2, 0.25) is 0 Å². The van der Waals surface area contributed by atoms with E-state index in [0.29, 0.717) is 24.3 Å². The van der Waals surface area contributed by atoms with Crippen LogP contribution in [0.5, 0.6) is 0 Å². The van der Waals surface area contributed by atoms with E-state index in [2.05, 4.69) is 0 Å². The molecule has 0 unspecified atom stereocenters. The number of sulfone groups is 1. The third-order valence-electron chi connectivity index (χ3n) is 3.08. The van der Waals surface area contributed by atoms with Crippen LogP contribution in [0.4, 0.5) is 0 Å². The van der Waals surface area contributed by atoms with Crippen molar-refractivity contribution < 1.29 is 17.9 Å². The molecular formula is C8H14O4S. The van der Waals surface area contributed by atoms with Crippen LogP contribution < -0.4 is 0 Å². The molecule has 0 atom stereocenters. The normalized spacial score (nSPS) is 32.2. The fourth-order valence-corrected chi connectivity index (χ4v) is 4.75. The first-order valence-electron chi connectivity index (χ1n) is 4.26. The average molecular weight is 206 g/mol. The van der Waals surface area contributed by atoms with Gasteiger partial charge >= 0.3 is 0 Å². The van der Waals surface area contributed by atoms with Gasteiger partial charge in [-0.25, -0.2) is 8.42 Å². The molecule has 0 radical (unpaired) electrons. The number of hydrogen-bond acceptors (Lipinski definition) is 4. The molecule has 0 aromatic carbocycles. The molecule has 0 amide bonds. The summed E-state index contributed by atoms with van der Waals surface area (Å²) in [4.78, 5) is 0. The zero-order valence-corrected chi connectivity index (χ0v) is 8.69. The molecular weight excluding hydrogens is 192 g/mol. The predicted octanol–water partition coefficient (Wildman–Crippen LogP) is 0.184. The maximum atomic E-state index is 11.0. The molecule has 0 aromatic rings. The van der Waals surface area contributed by atoms with E-state index in [9.17, 15) is 8.42 Å². The van der Waals surface area contributed by atoms with Crippen LogP contribution >= 0.6 is 0 Å². The Labute approximate surface area is 78.1 Å². The molecule has 1 aliphatic heterocycles. The Balaban J connectivity index is 1.99. The second-order valence-electron chi connectivity index (χ2n) is 4.20. The van der Waals surface area contributed by atoms with Crippen molar-refractivity contribution in [1.29, 1.82) is 0 Å². The van der Waals surface area contributed by atoms with Crippen molar-refractivity contribution in [3.05, 3.63) is 0 Å². The van der Waals surface area contributed by atoms with Crippen molar-refractivity contribution in [2.24, 2.45) is 5.41 Å². The van der Waals surface area contributed by atoms with Crippen LogP contribution in [-0.2, 0) is 19.3 Å². The summed E-state index contributed by atoms with van der Waals surface area (Å²) in [7, 11) is 0.474. The van der Waals surface area contributed by atoms with Gasteiger partial charge in [0.15, 0.2) is 15.6 Å². The molecule has 2 fully saturated rings. The van der Waals surface area contributed by atoms with Crippen LogP contribution in [0.25, 0.3) is 0 Å². The highest BCUT2D eigenvalue weighted by atomic mass is 32.2. The molecule has 4 nitrogen and oxygen atoms in total. The van der Waals surface area contributed by atoms with E-state index in [-0.39, 0.29) is 5.41 Å². The van der Waals surface area contributed by atoms with Crippen molar-refractivity contribution in [2.45, 2.75) is 18.6 Å². The summed E-state index contributed by atoms with van der Waals surface area (Å²) in [5.41, 5.74) is -0.0230. The highest BCUT2D eigenvalue weighted by Gasteiger charge is 2.63. The first kappa shape index (κ1) is 9.43. The van der Waals surface area contributed by atoms with Crippen molar-refractivity contribution in [2.75, 3.05) is 25.7 Å². The van der Waals surface area contributed by atoms with Crippen LogP contribution in [0.3, 0.4) is 0 Å². The van der Waals surface area contributed by atoms with Crippen LogP contribution in [0, 0.1) is 5.41 Å². The average Bonchev–Trinajstić information content (AvgIpc) is 1.94. The Hall–Kier alpha value is -0.130. The van der Waals surface area contributed by atoms with Gasteiger partial charge in [-0.1, -0.05) is 0 Å². The summed E-state index contributed by atoms with van der Waals surface area (Å²) < 4.78 is 32.4. The molecule has 0 aromatic heterocycles. The second kappa shape index (κ2) is 2.46.